The van der Waals surface area contributed by atoms with E-state index < -0.39 is 0 Å². The quantitative estimate of drug-likeness (QED) is 0.810. The fourth-order valence-corrected chi connectivity index (χ4v) is 1.14. The van der Waals surface area contributed by atoms with Crippen LogP contribution in [0.3, 0.4) is 0 Å². The summed E-state index contributed by atoms with van der Waals surface area (Å²) in [5, 5.41) is 13.6. The van der Waals surface area contributed by atoms with E-state index in [-0.39, 0.29) is 6.10 Å². The van der Waals surface area contributed by atoms with Gasteiger partial charge in [0.1, 0.15) is 0 Å². The minimum atomic E-state index is 0.0954. The lowest BCUT2D eigenvalue weighted by molar-refractivity contribution is 0.233. The molecule has 2 aromatic rings. The van der Waals surface area contributed by atoms with Crippen molar-refractivity contribution in [1.29, 1.82) is 0 Å². The lowest BCUT2D eigenvalue weighted by Gasteiger charge is -2.08. The molecule has 0 aromatic carbocycles. The van der Waals surface area contributed by atoms with Gasteiger partial charge in [0.15, 0.2) is 0 Å². The van der Waals surface area contributed by atoms with Crippen LogP contribution in [0.25, 0.3) is 11.4 Å². The van der Waals surface area contributed by atoms with Crippen molar-refractivity contribution in [2.75, 3.05) is 0 Å². The molecule has 78 valence electrons. The van der Waals surface area contributed by atoms with Crippen molar-refractivity contribution in [2.24, 2.45) is 0 Å². The lowest BCUT2D eigenvalue weighted by atomic mass is 10.2. The van der Waals surface area contributed by atoms with E-state index >= 15 is 0 Å². The summed E-state index contributed by atoms with van der Waals surface area (Å²) < 4.78 is 5.46. The van der Waals surface area contributed by atoms with Crippen LogP contribution in [-0.2, 0) is 0 Å². The molecule has 1 N–H and O–H groups in total. The molecule has 0 saturated heterocycles. The molecule has 0 unspecified atom stereocenters. The Labute approximate surface area is 86.7 Å². The van der Waals surface area contributed by atoms with E-state index in [1.54, 1.807) is 18.3 Å². The van der Waals surface area contributed by atoms with Crippen LogP contribution in [0.15, 0.2) is 18.3 Å². The average Bonchev–Trinajstić information content (AvgIpc) is 2.69. The second-order valence-electron chi connectivity index (χ2n) is 3.28. The SMILES string of the molecule is CC(C)Oc1cc(-c2nn[nH]n2)ccn1. The molecule has 0 aliphatic rings. The predicted molar refractivity (Wildman–Crippen MR) is 53.2 cm³/mol. The molecule has 0 aliphatic heterocycles. The molecule has 2 aromatic heterocycles. The van der Waals surface area contributed by atoms with Gasteiger partial charge in [-0.3, -0.25) is 0 Å². The minimum Gasteiger partial charge on any atom is -0.475 e. The van der Waals surface area contributed by atoms with Gasteiger partial charge in [-0.25, -0.2) is 4.98 Å². The first-order valence-electron chi connectivity index (χ1n) is 4.62. The summed E-state index contributed by atoms with van der Waals surface area (Å²) in [6.07, 6.45) is 1.75. The van der Waals surface area contributed by atoms with E-state index in [1.807, 2.05) is 13.8 Å². The molecular formula is C9H11N5O. The average molecular weight is 205 g/mol. The van der Waals surface area contributed by atoms with Gasteiger partial charge in [0.05, 0.1) is 6.10 Å². The normalized spacial score (nSPS) is 10.6. The number of rotatable bonds is 3. The van der Waals surface area contributed by atoms with Crippen molar-refractivity contribution >= 4 is 0 Å². The van der Waals surface area contributed by atoms with Gasteiger partial charge in [-0.05, 0) is 25.1 Å². The van der Waals surface area contributed by atoms with Crippen LogP contribution in [-0.4, -0.2) is 31.7 Å². The predicted octanol–water partition coefficient (Wildman–Crippen LogP) is 1.05. The van der Waals surface area contributed by atoms with Gasteiger partial charge in [-0.2, -0.15) is 5.21 Å². The summed E-state index contributed by atoms with van der Waals surface area (Å²) in [6, 6.07) is 3.59. The zero-order valence-electron chi connectivity index (χ0n) is 8.51. The molecule has 0 bridgehead atoms. The Morgan fingerprint density at radius 1 is 1.40 bits per heavy atom. The van der Waals surface area contributed by atoms with Gasteiger partial charge in [0, 0.05) is 17.8 Å². The van der Waals surface area contributed by atoms with Crippen LogP contribution in [0.4, 0.5) is 0 Å². The number of hydrogen-bond donors (Lipinski definition) is 1. The van der Waals surface area contributed by atoms with Crippen molar-refractivity contribution in [3.8, 4) is 17.3 Å². The van der Waals surface area contributed by atoms with Gasteiger partial charge in [-0.15, -0.1) is 10.2 Å². The molecule has 0 fully saturated rings. The standard InChI is InChI=1S/C9H11N5O/c1-6(2)15-8-5-7(3-4-10-8)9-11-13-14-12-9/h3-6H,1-2H3,(H,11,12,13,14). The number of nitrogens with zero attached hydrogens (tertiary/aromatic N) is 4. The molecular weight excluding hydrogens is 194 g/mol. The highest BCUT2D eigenvalue weighted by molar-refractivity contribution is 5.54. The van der Waals surface area contributed by atoms with Gasteiger partial charge in [-0.1, -0.05) is 0 Å². The maximum atomic E-state index is 5.46. The van der Waals surface area contributed by atoms with Crippen LogP contribution in [0.5, 0.6) is 5.88 Å². The van der Waals surface area contributed by atoms with E-state index in [4.69, 9.17) is 4.74 Å². The maximum absolute atomic E-state index is 5.46. The van der Waals surface area contributed by atoms with E-state index in [2.05, 4.69) is 25.6 Å². The summed E-state index contributed by atoms with van der Waals surface area (Å²) in [7, 11) is 0. The first-order chi connectivity index (χ1) is 7.25. The minimum absolute atomic E-state index is 0.0954. The van der Waals surface area contributed by atoms with Gasteiger partial charge in [0.2, 0.25) is 11.7 Å². The topological polar surface area (TPSA) is 76.6 Å². The van der Waals surface area contributed by atoms with Gasteiger partial charge < -0.3 is 4.74 Å². The largest absolute Gasteiger partial charge is 0.475 e. The molecule has 0 amide bonds. The number of hydrogen-bond acceptors (Lipinski definition) is 5. The Kier molecular flexibility index (Phi) is 2.57. The van der Waals surface area contributed by atoms with Crippen molar-refractivity contribution in [3.05, 3.63) is 18.3 Å². The Bertz CT molecular complexity index is 426. The van der Waals surface area contributed by atoms with E-state index in [1.165, 1.54) is 0 Å². The van der Waals surface area contributed by atoms with Crippen molar-refractivity contribution in [2.45, 2.75) is 20.0 Å². The van der Waals surface area contributed by atoms with E-state index in [0.717, 1.165) is 5.56 Å². The van der Waals surface area contributed by atoms with Crippen molar-refractivity contribution in [1.82, 2.24) is 25.6 Å². The molecule has 15 heavy (non-hydrogen) atoms. The lowest BCUT2D eigenvalue weighted by Crippen LogP contribution is -2.06. The molecule has 2 rings (SSSR count). The first-order valence-corrected chi connectivity index (χ1v) is 4.62. The monoisotopic (exact) mass is 205 g/mol. The van der Waals surface area contributed by atoms with Crippen LogP contribution >= 0.6 is 0 Å². The second kappa shape index (κ2) is 4.04. The first kappa shape index (κ1) is 9.57. The third-order valence-electron chi connectivity index (χ3n) is 1.69. The van der Waals surface area contributed by atoms with Crippen molar-refractivity contribution in [3.63, 3.8) is 0 Å². The van der Waals surface area contributed by atoms with Gasteiger partial charge >= 0.3 is 0 Å². The summed E-state index contributed by atoms with van der Waals surface area (Å²) in [5.74, 6) is 1.10. The fraction of sp³-hybridized carbons (Fsp3) is 0.333. The zero-order chi connectivity index (χ0) is 10.7. The zero-order valence-corrected chi connectivity index (χ0v) is 8.51. The molecule has 6 nitrogen and oxygen atoms in total. The highest BCUT2D eigenvalue weighted by Crippen LogP contribution is 2.17. The van der Waals surface area contributed by atoms with Crippen LogP contribution in [0.2, 0.25) is 0 Å². The Balaban J connectivity index is 2.27. The molecule has 0 spiro atoms. The van der Waals surface area contributed by atoms with E-state index in [0.29, 0.717) is 11.7 Å². The van der Waals surface area contributed by atoms with Gasteiger partial charge in [0.25, 0.3) is 0 Å². The molecule has 0 atom stereocenters. The Hall–Kier alpha value is -1.98. The smallest absolute Gasteiger partial charge is 0.214 e. The summed E-state index contributed by atoms with van der Waals surface area (Å²) in [6.45, 7) is 3.89. The molecule has 6 heteroatoms. The molecule has 0 saturated carbocycles. The highest BCUT2D eigenvalue weighted by Gasteiger charge is 2.05. The maximum Gasteiger partial charge on any atom is 0.214 e. The molecule has 0 radical (unpaired) electrons. The molecule has 0 aliphatic carbocycles. The van der Waals surface area contributed by atoms with E-state index in [9.17, 15) is 0 Å². The fourth-order valence-electron chi connectivity index (χ4n) is 1.14. The summed E-state index contributed by atoms with van der Waals surface area (Å²) >= 11 is 0. The number of nitrogens with one attached hydrogen (secondary N) is 1. The van der Waals surface area contributed by atoms with Crippen LogP contribution in [0, 0.1) is 0 Å². The van der Waals surface area contributed by atoms with Crippen molar-refractivity contribution < 1.29 is 4.74 Å². The van der Waals surface area contributed by atoms with Crippen LogP contribution < -0.4 is 4.74 Å². The van der Waals surface area contributed by atoms with Crippen LogP contribution in [0.1, 0.15) is 13.8 Å². The number of tetrazole rings is 1. The highest BCUT2D eigenvalue weighted by atomic mass is 16.5. The number of aromatic nitrogens is 5. The second-order valence-corrected chi connectivity index (χ2v) is 3.28. The number of aromatic amines is 1. The number of H-pyrrole nitrogens is 1. The third-order valence-corrected chi connectivity index (χ3v) is 1.69. The number of ether oxygens (including phenoxy) is 1. The molecule has 2 heterocycles. The third kappa shape index (κ3) is 2.28. The Morgan fingerprint density at radius 3 is 2.93 bits per heavy atom. The summed E-state index contributed by atoms with van der Waals surface area (Å²) in [4.78, 5) is 4.08. The number of pyridine rings is 1. The summed E-state index contributed by atoms with van der Waals surface area (Å²) in [5.41, 5.74) is 0.828. The Morgan fingerprint density at radius 2 is 2.27 bits per heavy atom.